The second-order valence-electron chi connectivity index (χ2n) is 3.58. The quantitative estimate of drug-likeness (QED) is 0.819. The third kappa shape index (κ3) is 5.49. The molecule has 0 aliphatic rings. The van der Waals surface area contributed by atoms with Gasteiger partial charge in [-0.1, -0.05) is 36.4 Å². The maximum Gasteiger partial charge on any atom is 0.294 e. The highest BCUT2D eigenvalue weighted by atomic mass is 32.2. The summed E-state index contributed by atoms with van der Waals surface area (Å²) < 4.78 is 58.5. The van der Waals surface area contributed by atoms with Gasteiger partial charge in [-0.15, -0.1) is 0 Å². The van der Waals surface area contributed by atoms with Crippen molar-refractivity contribution < 1.29 is 25.9 Å². The lowest BCUT2D eigenvalue weighted by molar-refractivity contribution is 0.481. The molecule has 0 aliphatic heterocycles. The van der Waals surface area contributed by atoms with E-state index < -0.39 is 20.2 Å². The highest BCUT2D eigenvalue weighted by Crippen LogP contribution is 2.05. The second-order valence-corrected chi connectivity index (χ2v) is 6.42. The van der Waals surface area contributed by atoms with Gasteiger partial charge in [0, 0.05) is 0 Å². The second kappa shape index (κ2) is 6.62. The zero-order valence-corrected chi connectivity index (χ0v) is 11.8. The lowest BCUT2D eigenvalue weighted by Crippen LogP contribution is -1.96. The minimum absolute atomic E-state index is 0.0741. The first-order valence-corrected chi connectivity index (χ1v) is 8.14. The predicted molar refractivity (Wildman–Crippen MR) is 72.5 cm³/mol. The molecule has 8 heteroatoms. The molecule has 0 fully saturated rings. The van der Waals surface area contributed by atoms with Gasteiger partial charge in [-0.3, -0.25) is 9.11 Å². The van der Waals surface area contributed by atoms with Crippen molar-refractivity contribution >= 4 is 20.2 Å². The Kier molecular flexibility index (Phi) is 5.40. The van der Waals surface area contributed by atoms with Crippen LogP contribution in [0.15, 0.2) is 70.5 Å². The monoisotopic (exact) mass is 316 g/mol. The van der Waals surface area contributed by atoms with Gasteiger partial charge < -0.3 is 0 Å². The van der Waals surface area contributed by atoms with Gasteiger partial charge in [0.2, 0.25) is 0 Å². The molecule has 2 N–H and O–H groups in total. The van der Waals surface area contributed by atoms with E-state index in [4.69, 9.17) is 9.11 Å². The Labute approximate surface area is 117 Å². The molecule has 0 bridgehead atoms. The molecular weight excluding hydrogens is 304 g/mol. The van der Waals surface area contributed by atoms with Crippen molar-refractivity contribution in [2.45, 2.75) is 9.79 Å². The third-order valence-corrected chi connectivity index (χ3v) is 3.82. The van der Waals surface area contributed by atoms with Crippen LogP contribution in [0.4, 0.5) is 0 Å². The SMILES string of the molecule is O=S(=O)(O)c1ccccc1.O=S(=O)(O)c1ccccc1. The van der Waals surface area contributed by atoms with Crippen LogP contribution in [0.1, 0.15) is 0 Å². The summed E-state index contributed by atoms with van der Waals surface area (Å²) in [6, 6.07) is 14.8. The van der Waals surface area contributed by atoms with Gasteiger partial charge in [0.05, 0.1) is 9.79 Å². The summed E-state index contributed by atoms with van der Waals surface area (Å²) in [5, 5.41) is 0. The summed E-state index contributed by atoms with van der Waals surface area (Å²) in [4.78, 5) is -0.148. The fourth-order valence-corrected chi connectivity index (χ4v) is 2.19. The predicted octanol–water partition coefficient (Wildman–Crippen LogP) is 1.87. The molecule has 0 saturated heterocycles. The van der Waals surface area contributed by atoms with Crippen LogP contribution in [0.25, 0.3) is 0 Å². The van der Waals surface area contributed by atoms with Crippen molar-refractivity contribution in [1.29, 1.82) is 0 Å². The molecule has 0 unspecified atom stereocenters. The van der Waals surface area contributed by atoms with Gasteiger partial charge in [0.25, 0.3) is 20.2 Å². The molecule has 0 saturated carbocycles. The van der Waals surface area contributed by atoms with Gasteiger partial charge in [-0.25, -0.2) is 0 Å². The molecule has 6 nitrogen and oxygen atoms in total. The average Bonchev–Trinajstić information content (AvgIpc) is 2.40. The van der Waals surface area contributed by atoms with Crippen LogP contribution < -0.4 is 0 Å². The average molecular weight is 316 g/mol. The summed E-state index contributed by atoms with van der Waals surface area (Å²) in [7, 11) is -8.01. The van der Waals surface area contributed by atoms with Gasteiger partial charge in [-0.05, 0) is 24.3 Å². The first-order valence-electron chi connectivity index (χ1n) is 5.26. The van der Waals surface area contributed by atoms with E-state index >= 15 is 0 Å². The maximum absolute atomic E-state index is 10.4. The standard InChI is InChI=1S/2C6H6O3S/c2*7-10(8,9)6-4-2-1-3-5-6/h2*1-5H,(H,7,8,9). The van der Waals surface area contributed by atoms with E-state index in [1.165, 1.54) is 24.3 Å². The summed E-state index contributed by atoms with van der Waals surface area (Å²) in [5.74, 6) is 0. The summed E-state index contributed by atoms with van der Waals surface area (Å²) in [6.45, 7) is 0. The van der Waals surface area contributed by atoms with Crippen molar-refractivity contribution in [2.24, 2.45) is 0 Å². The highest BCUT2D eigenvalue weighted by Gasteiger charge is 2.06. The number of benzene rings is 2. The minimum Gasteiger partial charge on any atom is -0.282 e. The van der Waals surface area contributed by atoms with Crippen LogP contribution in [0.2, 0.25) is 0 Å². The van der Waals surface area contributed by atoms with Crippen LogP contribution in [0, 0.1) is 0 Å². The van der Waals surface area contributed by atoms with Gasteiger partial charge >= 0.3 is 0 Å². The molecule has 2 rings (SSSR count). The van der Waals surface area contributed by atoms with Crippen LogP contribution in [0.5, 0.6) is 0 Å². The van der Waals surface area contributed by atoms with E-state index in [0.29, 0.717) is 0 Å². The van der Waals surface area contributed by atoms with Crippen molar-refractivity contribution in [1.82, 2.24) is 0 Å². The maximum atomic E-state index is 10.4. The van der Waals surface area contributed by atoms with Crippen molar-refractivity contribution in [3.8, 4) is 0 Å². The summed E-state index contributed by atoms with van der Waals surface area (Å²) in [6.07, 6.45) is 0. The number of rotatable bonds is 2. The zero-order chi connectivity index (χ0) is 15.2. The Hall–Kier alpha value is -1.74. The zero-order valence-electron chi connectivity index (χ0n) is 10.1. The minimum atomic E-state index is -4.00. The Balaban J connectivity index is 0.000000200. The largest absolute Gasteiger partial charge is 0.294 e. The molecule has 0 atom stereocenters. The first-order chi connectivity index (χ1) is 9.21. The van der Waals surface area contributed by atoms with Gasteiger partial charge in [0.1, 0.15) is 0 Å². The topological polar surface area (TPSA) is 109 Å². The van der Waals surface area contributed by atoms with Crippen LogP contribution in [-0.2, 0) is 20.2 Å². The van der Waals surface area contributed by atoms with E-state index in [0.717, 1.165) is 0 Å². The molecule has 0 heterocycles. The molecule has 20 heavy (non-hydrogen) atoms. The molecule has 0 radical (unpaired) electrons. The molecule has 0 spiro atoms. The van der Waals surface area contributed by atoms with Crippen molar-refractivity contribution in [3.05, 3.63) is 60.7 Å². The van der Waals surface area contributed by atoms with E-state index in [1.54, 1.807) is 36.4 Å². The van der Waals surface area contributed by atoms with Crippen molar-refractivity contribution in [2.75, 3.05) is 0 Å². The smallest absolute Gasteiger partial charge is 0.282 e. The number of hydrogen-bond donors (Lipinski definition) is 2. The first kappa shape index (κ1) is 16.3. The molecule has 2 aromatic carbocycles. The Morgan fingerprint density at radius 2 is 0.800 bits per heavy atom. The Morgan fingerprint density at radius 3 is 0.950 bits per heavy atom. The third-order valence-electron chi connectivity index (χ3n) is 2.08. The van der Waals surface area contributed by atoms with Crippen LogP contribution in [-0.4, -0.2) is 25.9 Å². The van der Waals surface area contributed by atoms with Crippen LogP contribution in [0.3, 0.4) is 0 Å². The lowest BCUT2D eigenvalue weighted by Gasteiger charge is -1.92. The molecule has 108 valence electrons. The molecule has 2 aromatic rings. The fourth-order valence-electron chi connectivity index (χ4n) is 1.18. The Morgan fingerprint density at radius 1 is 0.550 bits per heavy atom. The van der Waals surface area contributed by atoms with Crippen LogP contribution >= 0.6 is 0 Å². The normalized spacial score (nSPS) is 11.3. The number of hydrogen-bond acceptors (Lipinski definition) is 4. The lowest BCUT2D eigenvalue weighted by atomic mass is 10.4. The van der Waals surface area contributed by atoms with Gasteiger partial charge in [0.15, 0.2) is 0 Å². The van der Waals surface area contributed by atoms with E-state index in [-0.39, 0.29) is 9.79 Å². The van der Waals surface area contributed by atoms with Crippen molar-refractivity contribution in [3.63, 3.8) is 0 Å². The molecule has 0 aromatic heterocycles. The van der Waals surface area contributed by atoms with E-state index in [9.17, 15) is 16.8 Å². The highest BCUT2D eigenvalue weighted by molar-refractivity contribution is 7.86. The van der Waals surface area contributed by atoms with E-state index in [1.807, 2.05) is 0 Å². The summed E-state index contributed by atoms with van der Waals surface area (Å²) >= 11 is 0. The molecular formula is C12H12O6S2. The Bertz CT molecular complexity index is 670. The molecule has 0 aliphatic carbocycles. The molecule has 0 amide bonds. The van der Waals surface area contributed by atoms with E-state index in [2.05, 4.69) is 0 Å². The fraction of sp³-hybridized carbons (Fsp3) is 0. The van der Waals surface area contributed by atoms with Gasteiger partial charge in [-0.2, -0.15) is 16.8 Å². The summed E-state index contributed by atoms with van der Waals surface area (Å²) in [5.41, 5.74) is 0.